The SMILES string of the molecule is CCCNC(C)c1csc(Nc2ccc(C(=O)OCC)cc2)n1. The average molecular weight is 333 g/mol. The molecule has 23 heavy (non-hydrogen) atoms. The molecule has 1 unspecified atom stereocenters. The van der Waals surface area contributed by atoms with Gasteiger partial charge in [-0.3, -0.25) is 0 Å². The number of nitrogens with zero attached hydrogens (tertiary/aromatic N) is 1. The van der Waals surface area contributed by atoms with E-state index in [1.807, 2.05) is 12.1 Å². The number of aromatic nitrogens is 1. The lowest BCUT2D eigenvalue weighted by Gasteiger charge is -2.09. The fraction of sp³-hybridized carbons (Fsp3) is 0.412. The first-order chi connectivity index (χ1) is 11.1. The number of carbonyl (C=O) groups is 1. The van der Waals surface area contributed by atoms with Crippen LogP contribution in [0.3, 0.4) is 0 Å². The summed E-state index contributed by atoms with van der Waals surface area (Å²) in [5.41, 5.74) is 2.48. The lowest BCUT2D eigenvalue weighted by molar-refractivity contribution is 0.0526. The van der Waals surface area contributed by atoms with Crippen LogP contribution < -0.4 is 10.6 Å². The van der Waals surface area contributed by atoms with Gasteiger partial charge in [0.15, 0.2) is 5.13 Å². The van der Waals surface area contributed by atoms with Crippen LogP contribution in [0.5, 0.6) is 0 Å². The Bertz CT molecular complexity index is 625. The minimum absolute atomic E-state index is 0.243. The van der Waals surface area contributed by atoms with Gasteiger partial charge in [-0.05, 0) is 51.1 Å². The second kappa shape index (κ2) is 8.64. The largest absolute Gasteiger partial charge is 0.462 e. The van der Waals surface area contributed by atoms with E-state index in [4.69, 9.17) is 4.74 Å². The summed E-state index contributed by atoms with van der Waals surface area (Å²) in [7, 11) is 0. The highest BCUT2D eigenvalue weighted by Crippen LogP contribution is 2.24. The van der Waals surface area contributed by atoms with Crippen LogP contribution in [0, 0.1) is 0 Å². The van der Waals surface area contributed by atoms with Crippen molar-refractivity contribution < 1.29 is 9.53 Å². The molecule has 6 heteroatoms. The quantitative estimate of drug-likeness (QED) is 0.711. The molecule has 124 valence electrons. The maximum atomic E-state index is 11.6. The molecule has 0 amide bonds. The highest BCUT2D eigenvalue weighted by atomic mass is 32.1. The molecule has 0 radical (unpaired) electrons. The zero-order valence-electron chi connectivity index (χ0n) is 13.8. The molecule has 0 bridgehead atoms. The topological polar surface area (TPSA) is 63.2 Å². The molecule has 0 aliphatic heterocycles. The number of rotatable bonds is 8. The van der Waals surface area contributed by atoms with Gasteiger partial charge in [0.2, 0.25) is 0 Å². The third-order valence-corrected chi connectivity index (χ3v) is 4.09. The van der Waals surface area contributed by atoms with E-state index in [2.05, 4.69) is 34.8 Å². The summed E-state index contributed by atoms with van der Waals surface area (Å²) in [4.78, 5) is 16.2. The van der Waals surface area contributed by atoms with Crippen molar-refractivity contribution in [2.75, 3.05) is 18.5 Å². The Morgan fingerprint density at radius 1 is 1.30 bits per heavy atom. The zero-order valence-corrected chi connectivity index (χ0v) is 14.6. The van der Waals surface area contributed by atoms with Crippen molar-refractivity contribution in [3.8, 4) is 0 Å². The van der Waals surface area contributed by atoms with E-state index in [1.165, 1.54) is 0 Å². The van der Waals surface area contributed by atoms with Crippen molar-refractivity contribution in [3.05, 3.63) is 40.9 Å². The van der Waals surface area contributed by atoms with Gasteiger partial charge in [-0.2, -0.15) is 0 Å². The van der Waals surface area contributed by atoms with Gasteiger partial charge < -0.3 is 15.4 Å². The molecule has 1 aromatic heterocycles. The fourth-order valence-corrected chi connectivity index (χ4v) is 2.86. The second-order valence-corrected chi connectivity index (χ2v) is 6.03. The van der Waals surface area contributed by atoms with E-state index < -0.39 is 0 Å². The Morgan fingerprint density at radius 2 is 2.04 bits per heavy atom. The third kappa shape index (κ3) is 5.04. The molecule has 2 aromatic rings. The number of carbonyl (C=O) groups excluding carboxylic acids is 1. The van der Waals surface area contributed by atoms with Gasteiger partial charge in [-0.15, -0.1) is 11.3 Å². The summed E-state index contributed by atoms with van der Waals surface area (Å²) >= 11 is 1.57. The van der Waals surface area contributed by atoms with Gasteiger partial charge in [-0.25, -0.2) is 9.78 Å². The maximum Gasteiger partial charge on any atom is 0.338 e. The molecular formula is C17H23N3O2S. The van der Waals surface area contributed by atoms with E-state index in [0.717, 1.165) is 29.5 Å². The first kappa shape index (κ1) is 17.4. The Kier molecular flexibility index (Phi) is 6.55. The van der Waals surface area contributed by atoms with Crippen LogP contribution in [-0.4, -0.2) is 24.1 Å². The second-order valence-electron chi connectivity index (χ2n) is 5.18. The number of benzene rings is 1. The number of esters is 1. The molecular weight excluding hydrogens is 310 g/mol. The summed E-state index contributed by atoms with van der Waals surface area (Å²) in [6.45, 7) is 7.42. The van der Waals surface area contributed by atoms with Crippen molar-refractivity contribution in [2.45, 2.75) is 33.2 Å². The van der Waals surface area contributed by atoms with Gasteiger partial charge in [0.1, 0.15) is 0 Å². The smallest absolute Gasteiger partial charge is 0.338 e. The number of thiazole rings is 1. The van der Waals surface area contributed by atoms with Crippen molar-refractivity contribution >= 4 is 28.1 Å². The maximum absolute atomic E-state index is 11.6. The van der Waals surface area contributed by atoms with Crippen LogP contribution in [0.4, 0.5) is 10.8 Å². The number of anilines is 2. The van der Waals surface area contributed by atoms with Gasteiger partial charge in [0, 0.05) is 17.1 Å². The Labute approximate surface area is 141 Å². The Hall–Kier alpha value is -1.92. The van der Waals surface area contributed by atoms with E-state index >= 15 is 0 Å². The lowest BCUT2D eigenvalue weighted by atomic mass is 10.2. The normalized spacial score (nSPS) is 12.0. The summed E-state index contributed by atoms with van der Waals surface area (Å²) in [5, 5.41) is 9.58. The van der Waals surface area contributed by atoms with Crippen LogP contribution in [0.1, 0.15) is 49.3 Å². The fourth-order valence-electron chi connectivity index (χ4n) is 2.04. The summed E-state index contributed by atoms with van der Waals surface area (Å²) < 4.78 is 4.97. The number of hydrogen-bond acceptors (Lipinski definition) is 6. The summed E-state index contributed by atoms with van der Waals surface area (Å²) in [6.07, 6.45) is 1.10. The van der Waals surface area contributed by atoms with Gasteiger partial charge in [-0.1, -0.05) is 6.92 Å². The molecule has 0 spiro atoms. The monoisotopic (exact) mass is 333 g/mol. The molecule has 5 nitrogen and oxygen atoms in total. The predicted octanol–water partition coefficient (Wildman–Crippen LogP) is 4.12. The number of nitrogens with one attached hydrogen (secondary N) is 2. The molecule has 0 aliphatic rings. The highest BCUT2D eigenvalue weighted by molar-refractivity contribution is 7.13. The van der Waals surface area contributed by atoms with Crippen LogP contribution in [0.15, 0.2) is 29.6 Å². The lowest BCUT2D eigenvalue weighted by Crippen LogP contribution is -2.19. The standard InChI is InChI=1S/C17H23N3O2S/c1-4-10-18-12(3)15-11-23-17(20-15)19-14-8-6-13(7-9-14)16(21)22-5-2/h6-9,11-12,18H,4-5,10H2,1-3H3,(H,19,20). The summed E-state index contributed by atoms with van der Waals surface area (Å²) in [6, 6.07) is 7.45. The predicted molar refractivity (Wildman–Crippen MR) is 94.5 cm³/mol. The number of ether oxygens (including phenoxy) is 1. The van der Waals surface area contributed by atoms with Crippen LogP contribution in [-0.2, 0) is 4.74 Å². The molecule has 0 saturated carbocycles. The van der Waals surface area contributed by atoms with Crippen LogP contribution >= 0.6 is 11.3 Å². The zero-order chi connectivity index (χ0) is 16.7. The minimum atomic E-state index is -0.300. The van der Waals surface area contributed by atoms with Gasteiger partial charge in [0.25, 0.3) is 0 Å². The molecule has 2 rings (SSSR count). The van der Waals surface area contributed by atoms with E-state index in [0.29, 0.717) is 12.2 Å². The first-order valence-electron chi connectivity index (χ1n) is 7.87. The third-order valence-electron chi connectivity index (χ3n) is 3.31. The molecule has 1 heterocycles. The molecule has 1 aromatic carbocycles. The molecule has 2 N–H and O–H groups in total. The van der Waals surface area contributed by atoms with Gasteiger partial charge in [0.05, 0.1) is 17.9 Å². The van der Waals surface area contributed by atoms with Crippen molar-refractivity contribution in [1.29, 1.82) is 0 Å². The van der Waals surface area contributed by atoms with Crippen molar-refractivity contribution in [2.24, 2.45) is 0 Å². The minimum Gasteiger partial charge on any atom is -0.462 e. The molecule has 1 atom stereocenters. The van der Waals surface area contributed by atoms with E-state index in [9.17, 15) is 4.79 Å². The van der Waals surface area contributed by atoms with Crippen LogP contribution in [0.25, 0.3) is 0 Å². The average Bonchev–Trinajstić information content (AvgIpc) is 3.02. The Morgan fingerprint density at radius 3 is 2.70 bits per heavy atom. The molecule has 0 aliphatic carbocycles. The van der Waals surface area contributed by atoms with Gasteiger partial charge >= 0.3 is 5.97 Å². The number of hydrogen-bond donors (Lipinski definition) is 2. The van der Waals surface area contributed by atoms with E-state index in [-0.39, 0.29) is 12.0 Å². The van der Waals surface area contributed by atoms with E-state index in [1.54, 1.807) is 30.4 Å². The van der Waals surface area contributed by atoms with Crippen LogP contribution in [0.2, 0.25) is 0 Å². The van der Waals surface area contributed by atoms with Crippen molar-refractivity contribution in [3.63, 3.8) is 0 Å². The molecule has 0 saturated heterocycles. The first-order valence-corrected chi connectivity index (χ1v) is 8.75. The molecule has 0 fully saturated rings. The summed E-state index contributed by atoms with van der Waals surface area (Å²) in [5.74, 6) is -0.300. The highest BCUT2D eigenvalue weighted by Gasteiger charge is 2.10. The van der Waals surface area contributed by atoms with Crippen molar-refractivity contribution in [1.82, 2.24) is 10.3 Å². The Balaban J connectivity index is 1.97.